The summed E-state index contributed by atoms with van der Waals surface area (Å²) < 4.78 is 5.84. The molecule has 4 nitrogen and oxygen atoms in total. The fraction of sp³-hybridized carbons (Fsp3) is 0.640. The first kappa shape index (κ1) is 19.0. The Morgan fingerprint density at radius 2 is 1.93 bits per heavy atom. The van der Waals surface area contributed by atoms with Gasteiger partial charge in [0.2, 0.25) is 0 Å². The van der Waals surface area contributed by atoms with Crippen LogP contribution in [0.3, 0.4) is 0 Å². The van der Waals surface area contributed by atoms with E-state index in [1.54, 1.807) is 24.5 Å². The standard InChI is InChI=1S/C25H31NO3/c1-24-11-9-18(29-23(28)16-4-3-13-26-15-16)14-17(24)5-6-19-20-7-8-22(27)25(20,2)12-10-21(19)24/h3-5,13,15,18-21H,6-12,14H2,1-2H3/t18-,19-,20-,21-,24+,25+/m1/s1. The molecule has 4 aliphatic carbocycles. The summed E-state index contributed by atoms with van der Waals surface area (Å²) in [4.78, 5) is 29.0. The molecule has 4 aliphatic rings. The lowest BCUT2D eigenvalue weighted by atomic mass is 9.48. The highest BCUT2D eigenvalue weighted by Crippen LogP contribution is 2.64. The van der Waals surface area contributed by atoms with E-state index in [1.165, 1.54) is 5.57 Å². The normalized spacial score (nSPS) is 41.0. The van der Waals surface area contributed by atoms with E-state index in [-0.39, 0.29) is 22.9 Å². The third-order valence-electron chi connectivity index (χ3n) is 8.94. The first-order valence-corrected chi connectivity index (χ1v) is 11.3. The van der Waals surface area contributed by atoms with Crippen LogP contribution in [0.1, 0.15) is 75.6 Å². The number of ketones is 1. The minimum atomic E-state index is -0.265. The van der Waals surface area contributed by atoms with Crippen molar-refractivity contribution in [1.82, 2.24) is 4.98 Å². The molecule has 4 heteroatoms. The van der Waals surface area contributed by atoms with Crippen molar-refractivity contribution in [3.63, 3.8) is 0 Å². The number of rotatable bonds is 2. The molecule has 0 spiro atoms. The lowest BCUT2D eigenvalue weighted by Crippen LogP contribution is -2.50. The van der Waals surface area contributed by atoms with Gasteiger partial charge in [-0.3, -0.25) is 9.78 Å². The van der Waals surface area contributed by atoms with Crippen LogP contribution >= 0.6 is 0 Å². The van der Waals surface area contributed by atoms with Crippen molar-refractivity contribution in [1.29, 1.82) is 0 Å². The van der Waals surface area contributed by atoms with E-state index in [4.69, 9.17) is 4.74 Å². The van der Waals surface area contributed by atoms with E-state index in [1.807, 2.05) is 0 Å². The number of allylic oxidation sites excluding steroid dienone is 1. The summed E-state index contributed by atoms with van der Waals surface area (Å²) in [6.45, 7) is 4.67. The Balaban J connectivity index is 1.33. The second-order valence-corrected chi connectivity index (χ2v) is 10.2. The van der Waals surface area contributed by atoms with Gasteiger partial charge in [-0.2, -0.15) is 0 Å². The van der Waals surface area contributed by atoms with Crippen LogP contribution in [0.2, 0.25) is 0 Å². The van der Waals surface area contributed by atoms with Crippen LogP contribution in [0.4, 0.5) is 0 Å². The van der Waals surface area contributed by atoms with Crippen molar-refractivity contribution in [2.45, 2.75) is 71.3 Å². The number of hydrogen-bond acceptors (Lipinski definition) is 4. The predicted octanol–water partition coefficient (Wildman–Crippen LogP) is 5.14. The lowest BCUT2D eigenvalue weighted by molar-refractivity contribution is -0.132. The van der Waals surface area contributed by atoms with Crippen molar-refractivity contribution < 1.29 is 14.3 Å². The molecule has 5 rings (SSSR count). The minimum Gasteiger partial charge on any atom is -0.458 e. The Hall–Kier alpha value is -1.97. The van der Waals surface area contributed by atoms with E-state index in [2.05, 4.69) is 24.9 Å². The first-order chi connectivity index (χ1) is 13.9. The molecule has 3 fully saturated rings. The zero-order chi connectivity index (χ0) is 20.2. The predicted molar refractivity (Wildman–Crippen MR) is 110 cm³/mol. The summed E-state index contributed by atoms with van der Waals surface area (Å²) in [6.07, 6.45) is 13.7. The number of nitrogens with zero attached hydrogens (tertiary/aromatic N) is 1. The maximum Gasteiger partial charge on any atom is 0.339 e. The maximum atomic E-state index is 12.6. The second-order valence-electron chi connectivity index (χ2n) is 10.2. The Labute approximate surface area is 173 Å². The summed E-state index contributed by atoms with van der Waals surface area (Å²) in [7, 11) is 0. The fourth-order valence-corrected chi connectivity index (χ4v) is 7.20. The maximum absolute atomic E-state index is 12.6. The molecule has 0 bridgehead atoms. The molecule has 1 aromatic rings. The SMILES string of the molecule is C[C@]12CC[C@@H](OC(=O)c3cccnc3)CC1=CC[C@H]1[C@H]2CC[C@]2(C)C(=O)CC[C@H]12. The molecule has 0 radical (unpaired) electrons. The molecule has 1 heterocycles. The molecule has 3 saturated carbocycles. The third kappa shape index (κ3) is 2.90. The molecule has 154 valence electrons. The minimum absolute atomic E-state index is 0.0412. The van der Waals surface area contributed by atoms with Gasteiger partial charge in [-0.15, -0.1) is 0 Å². The zero-order valence-corrected chi connectivity index (χ0v) is 17.5. The first-order valence-electron chi connectivity index (χ1n) is 11.3. The summed E-state index contributed by atoms with van der Waals surface area (Å²) in [5.41, 5.74) is 2.14. The van der Waals surface area contributed by atoms with E-state index in [0.29, 0.717) is 29.1 Å². The largest absolute Gasteiger partial charge is 0.458 e. The Bertz CT molecular complexity index is 862. The van der Waals surface area contributed by atoms with Crippen LogP contribution in [0, 0.1) is 28.6 Å². The number of carbonyl (C=O) groups excluding carboxylic acids is 2. The number of pyridine rings is 1. The molecule has 1 aromatic heterocycles. The van der Waals surface area contributed by atoms with E-state index >= 15 is 0 Å². The zero-order valence-electron chi connectivity index (χ0n) is 17.5. The molecule has 0 unspecified atom stereocenters. The van der Waals surface area contributed by atoms with Crippen LogP contribution in [-0.2, 0) is 9.53 Å². The highest BCUT2D eigenvalue weighted by molar-refractivity contribution is 5.89. The molecule has 29 heavy (non-hydrogen) atoms. The highest BCUT2D eigenvalue weighted by atomic mass is 16.5. The van der Waals surface area contributed by atoms with E-state index in [9.17, 15) is 9.59 Å². The lowest BCUT2D eigenvalue weighted by Gasteiger charge is -2.56. The van der Waals surface area contributed by atoms with Crippen molar-refractivity contribution in [3.8, 4) is 0 Å². The van der Waals surface area contributed by atoms with Gasteiger partial charge in [0.15, 0.2) is 0 Å². The van der Waals surface area contributed by atoms with Crippen molar-refractivity contribution >= 4 is 11.8 Å². The van der Waals surface area contributed by atoms with Crippen LogP contribution in [0.15, 0.2) is 36.2 Å². The number of fused-ring (bicyclic) bond motifs is 5. The fourth-order valence-electron chi connectivity index (χ4n) is 7.20. The van der Waals surface area contributed by atoms with Gasteiger partial charge < -0.3 is 4.74 Å². The topological polar surface area (TPSA) is 56.3 Å². The van der Waals surface area contributed by atoms with Crippen molar-refractivity contribution in [3.05, 3.63) is 41.7 Å². The van der Waals surface area contributed by atoms with Gasteiger partial charge in [-0.1, -0.05) is 25.5 Å². The number of esters is 1. The second kappa shape index (κ2) is 6.78. The summed E-state index contributed by atoms with van der Waals surface area (Å²) in [5, 5.41) is 0. The Morgan fingerprint density at radius 3 is 2.72 bits per heavy atom. The van der Waals surface area contributed by atoms with Gasteiger partial charge in [-0.25, -0.2) is 4.79 Å². The van der Waals surface area contributed by atoms with Crippen molar-refractivity contribution in [2.24, 2.45) is 28.6 Å². The molecule has 0 amide bonds. The molecule has 0 N–H and O–H groups in total. The summed E-state index contributed by atoms with van der Waals surface area (Å²) in [5.74, 6) is 2.11. The monoisotopic (exact) mass is 393 g/mol. The molecule has 6 atom stereocenters. The molecule has 0 aliphatic heterocycles. The average Bonchev–Trinajstić information content (AvgIpc) is 3.03. The molecular formula is C25H31NO3. The van der Waals surface area contributed by atoms with Gasteiger partial charge in [-0.05, 0) is 73.8 Å². The van der Waals surface area contributed by atoms with Crippen LogP contribution in [0.5, 0.6) is 0 Å². The smallest absolute Gasteiger partial charge is 0.339 e. The molecular weight excluding hydrogens is 362 g/mol. The van der Waals surface area contributed by atoms with Gasteiger partial charge in [0.25, 0.3) is 0 Å². The number of ether oxygens (including phenoxy) is 1. The summed E-state index contributed by atoms with van der Waals surface area (Å²) in [6, 6.07) is 3.53. The van der Waals surface area contributed by atoms with Crippen molar-refractivity contribution in [2.75, 3.05) is 0 Å². The van der Waals surface area contributed by atoms with Gasteiger partial charge in [0.05, 0.1) is 5.56 Å². The Morgan fingerprint density at radius 1 is 1.14 bits per heavy atom. The third-order valence-corrected chi connectivity index (χ3v) is 8.94. The number of carbonyl (C=O) groups is 2. The number of hydrogen-bond donors (Lipinski definition) is 0. The van der Waals surface area contributed by atoms with Gasteiger partial charge in [0, 0.05) is 30.7 Å². The highest BCUT2D eigenvalue weighted by Gasteiger charge is 2.58. The number of Topliss-reactive ketones (excluding diaryl/α,β-unsaturated/α-hetero) is 1. The quantitative estimate of drug-likeness (QED) is 0.516. The Kier molecular flexibility index (Phi) is 4.45. The van der Waals surface area contributed by atoms with Gasteiger partial charge in [0.1, 0.15) is 11.9 Å². The average molecular weight is 394 g/mol. The van der Waals surface area contributed by atoms with Crippen LogP contribution in [-0.4, -0.2) is 22.8 Å². The molecule has 0 aromatic carbocycles. The van der Waals surface area contributed by atoms with E-state index in [0.717, 1.165) is 51.4 Å². The van der Waals surface area contributed by atoms with Crippen LogP contribution in [0.25, 0.3) is 0 Å². The van der Waals surface area contributed by atoms with Crippen LogP contribution < -0.4 is 0 Å². The summed E-state index contributed by atoms with van der Waals surface area (Å²) >= 11 is 0. The van der Waals surface area contributed by atoms with Gasteiger partial charge >= 0.3 is 5.97 Å². The van der Waals surface area contributed by atoms with E-state index < -0.39 is 0 Å². The molecule has 0 saturated heterocycles. The number of aromatic nitrogens is 1.